The molecule has 1 aromatic heterocycles. The summed E-state index contributed by atoms with van der Waals surface area (Å²) < 4.78 is 12.7. The fraction of sp³-hybridized carbons (Fsp3) is 0.550. The Labute approximate surface area is 157 Å². The SMILES string of the molecule is CC(=O)c1cc(C)cc2c(=O)n(CC3CCOC3)c(N3CCOCC3)nc12. The predicted octanol–water partition coefficient (Wildman–Crippen LogP) is 1.78. The number of hydrogen-bond donors (Lipinski definition) is 0. The Morgan fingerprint density at radius 3 is 2.67 bits per heavy atom. The lowest BCUT2D eigenvalue weighted by Gasteiger charge is -2.30. The number of morpholine rings is 1. The monoisotopic (exact) mass is 371 g/mol. The molecular formula is C20H25N3O4. The van der Waals surface area contributed by atoms with Crippen molar-refractivity contribution in [1.82, 2.24) is 9.55 Å². The molecule has 0 amide bonds. The summed E-state index contributed by atoms with van der Waals surface area (Å²) in [5.41, 5.74) is 1.81. The second-order valence-corrected chi connectivity index (χ2v) is 7.42. The zero-order valence-corrected chi connectivity index (χ0v) is 15.9. The first-order valence-corrected chi connectivity index (χ1v) is 9.51. The van der Waals surface area contributed by atoms with Crippen LogP contribution < -0.4 is 10.5 Å². The molecule has 144 valence electrons. The van der Waals surface area contributed by atoms with E-state index in [2.05, 4.69) is 4.90 Å². The van der Waals surface area contributed by atoms with Crippen molar-refractivity contribution in [2.45, 2.75) is 26.8 Å². The van der Waals surface area contributed by atoms with Gasteiger partial charge in [0.2, 0.25) is 5.95 Å². The molecular weight excluding hydrogens is 346 g/mol. The van der Waals surface area contributed by atoms with Gasteiger partial charge in [-0.3, -0.25) is 14.2 Å². The quantitative estimate of drug-likeness (QED) is 0.763. The number of carbonyl (C=O) groups excluding carboxylic acids is 1. The Morgan fingerprint density at radius 2 is 2.00 bits per heavy atom. The first-order valence-electron chi connectivity index (χ1n) is 9.51. The van der Waals surface area contributed by atoms with Gasteiger partial charge in [0.05, 0.1) is 30.7 Å². The van der Waals surface area contributed by atoms with Crippen LogP contribution in [0.15, 0.2) is 16.9 Å². The smallest absolute Gasteiger partial charge is 0.262 e. The topological polar surface area (TPSA) is 73.7 Å². The summed E-state index contributed by atoms with van der Waals surface area (Å²) in [7, 11) is 0. The van der Waals surface area contributed by atoms with E-state index in [1.807, 2.05) is 19.1 Å². The highest BCUT2D eigenvalue weighted by Crippen LogP contribution is 2.24. The van der Waals surface area contributed by atoms with Crippen molar-refractivity contribution >= 4 is 22.6 Å². The number of Topliss-reactive ketones (excluding diaryl/α,β-unsaturated/α-hetero) is 1. The first-order chi connectivity index (χ1) is 13.0. The molecule has 0 radical (unpaired) electrons. The molecule has 3 heterocycles. The van der Waals surface area contributed by atoms with Crippen LogP contribution in [0.25, 0.3) is 10.9 Å². The van der Waals surface area contributed by atoms with Crippen molar-refractivity contribution in [3.8, 4) is 0 Å². The van der Waals surface area contributed by atoms with Crippen LogP contribution in [0.2, 0.25) is 0 Å². The zero-order chi connectivity index (χ0) is 19.0. The molecule has 0 N–H and O–H groups in total. The molecule has 0 saturated carbocycles. The maximum atomic E-state index is 13.4. The molecule has 7 heteroatoms. The largest absolute Gasteiger partial charge is 0.381 e. The maximum absolute atomic E-state index is 13.4. The number of ether oxygens (including phenoxy) is 2. The van der Waals surface area contributed by atoms with E-state index >= 15 is 0 Å². The number of ketones is 1. The number of rotatable bonds is 4. The highest BCUT2D eigenvalue weighted by molar-refractivity contribution is 6.05. The van der Waals surface area contributed by atoms with E-state index in [9.17, 15) is 9.59 Å². The number of benzene rings is 1. The molecule has 2 aromatic rings. The van der Waals surface area contributed by atoms with Crippen molar-refractivity contribution in [3.63, 3.8) is 0 Å². The Bertz CT molecular complexity index is 925. The van der Waals surface area contributed by atoms with E-state index in [1.54, 1.807) is 4.57 Å². The minimum atomic E-state index is -0.0837. The Balaban J connectivity index is 1.92. The lowest BCUT2D eigenvalue weighted by atomic mass is 10.0. The average molecular weight is 371 g/mol. The summed E-state index contributed by atoms with van der Waals surface area (Å²) in [6.45, 7) is 7.98. The van der Waals surface area contributed by atoms with E-state index in [4.69, 9.17) is 14.5 Å². The van der Waals surface area contributed by atoms with Gasteiger partial charge in [-0.2, -0.15) is 0 Å². The number of aryl methyl sites for hydroxylation is 1. The first kappa shape index (κ1) is 18.1. The summed E-state index contributed by atoms with van der Waals surface area (Å²) in [6.07, 6.45) is 0.944. The standard InChI is InChI=1S/C20H25N3O4/c1-13-9-16(14(2)24)18-17(10-13)19(25)23(11-15-3-6-27-12-15)20(21-18)22-4-7-26-8-5-22/h9-10,15H,3-8,11-12H2,1-2H3. The molecule has 2 aliphatic heterocycles. The van der Waals surface area contributed by atoms with Gasteiger partial charge < -0.3 is 14.4 Å². The molecule has 2 saturated heterocycles. The van der Waals surface area contributed by atoms with Gasteiger partial charge in [-0.1, -0.05) is 0 Å². The van der Waals surface area contributed by atoms with Gasteiger partial charge >= 0.3 is 0 Å². The van der Waals surface area contributed by atoms with Gasteiger partial charge in [-0.25, -0.2) is 4.98 Å². The zero-order valence-electron chi connectivity index (χ0n) is 15.9. The molecule has 4 rings (SSSR count). The third kappa shape index (κ3) is 3.49. The van der Waals surface area contributed by atoms with Gasteiger partial charge in [0, 0.05) is 37.7 Å². The third-order valence-electron chi connectivity index (χ3n) is 5.32. The molecule has 0 bridgehead atoms. The number of anilines is 1. The van der Waals surface area contributed by atoms with Crippen LogP contribution in [0, 0.1) is 12.8 Å². The number of aromatic nitrogens is 2. The van der Waals surface area contributed by atoms with Crippen LogP contribution in [0.5, 0.6) is 0 Å². The van der Waals surface area contributed by atoms with Crippen LogP contribution in [-0.4, -0.2) is 54.9 Å². The van der Waals surface area contributed by atoms with E-state index in [1.165, 1.54) is 6.92 Å². The third-order valence-corrected chi connectivity index (χ3v) is 5.32. The van der Waals surface area contributed by atoms with Crippen molar-refractivity contribution in [2.75, 3.05) is 44.4 Å². The Morgan fingerprint density at radius 1 is 1.22 bits per heavy atom. The Kier molecular flexibility index (Phi) is 4.97. The van der Waals surface area contributed by atoms with Crippen molar-refractivity contribution < 1.29 is 14.3 Å². The van der Waals surface area contributed by atoms with Gasteiger partial charge in [0.1, 0.15) is 0 Å². The molecule has 1 unspecified atom stereocenters. The molecule has 0 aliphatic carbocycles. The van der Waals surface area contributed by atoms with Crippen molar-refractivity contribution in [2.24, 2.45) is 5.92 Å². The van der Waals surface area contributed by atoms with Crippen LogP contribution in [0.4, 0.5) is 5.95 Å². The molecule has 27 heavy (non-hydrogen) atoms. The molecule has 0 spiro atoms. The molecule has 2 fully saturated rings. The van der Waals surface area contributed by atoms with Crippen LogP contribution in [0.3, 0.4) is 0 Å². The summed E-state index contributed by atoms with van der Waals surface area (Å²) in [6, 6.07) is 3.65. The van der Waals surface area contributed by atoms with Gasteiger partial charge in [0.25, 0.3) is 5.56 Å². The Hall–Kier alpha value is -2.25. The maximum Gasteiger partial charge on any atom is 0.262 e. The van der Waals surface area contributed by atoms with E-state index in [-0.39, 0.29) is 11.3 Å². The molecule has 1 atom stereocenters. The minimum absolute atomic E-state index is 0.0783. The van der Waals surface area contributed by atoms with Crippen molar-refractivity contribution in [1.29, 1.82) is 0 Å². The molecule has 7 nitrogen and oxygen atoms in total. The fourth-order valence-corrected chi connectivity index (χ4v) is 3.88. The lowest BCUT2D eigenvalue weighted by Crippen LogP contribution is -2.41. The van der Waals surface area contributed by atoms with Crippen LogP contribution in [-0.2, 0) is 16.0 Å². The normalized spacial score (nSPS) is 20.4. The summed E-state index contributed by atoms with van der Waals surface area (Å²) in [5.74, 6) is 0.860. The number of nitrogens with zero attached hydrogens (tertiary/aromatic N) is 3. The fourth-order valence-electron chi connectivity index (χ4n) is 3.88. The predicted molar refractivity (Wildman–Crippen MR) is 103 cm³/mol. The van der Waals surface area contributed by atoms with Gasteiger partial charge in [0.15, 0.2) is 5.78 Å². The van der Waals surface area contributed by atoms with E-state index in [0.717, 1.165) is 18.6 Å². The molecule has 2 aliphatic rings. The number of fused-ring (bicyclic) bond motifs is 1. The molecule has 1 aromatic carbocycles. The number of carbonyl (C=O) groups is 1. The second-order valence-electron chi connectivity index (χ2n) is 7.42. The summed E-state index contributed by atoms with van der Waals surface area (Å²) in [4.78, 5) is 32.5. The minimum Gasteiger partial charge on any atom is -0.381 e. The van der Waals surface area contributed by atoms with E-state index in [0.29, 0.717) is 67.8 Å². The van der Waals surface area contributed by atoms with Crippen molar-refractivity contribution in [3.05, 3.63) is 33.6 Å². The second kappa shape index (κ2) is 7.40. The highest BCUT2D eigenvalue weighted by atomic mass is 16.5. The number of hydrogen-bond acceptors (Lipinski definition) is 6. The van der Waals surface area contributed by atoms with E-state index < -0.39 is 0 Å². The van der Waals surface area contributed by atoms with Gasteiger partial charge in [-0.05, 0) is 38.0 Å². The summed E-state index contributed by atoms with van der Waals surface area (Å²) in [5, 5.41) is 0.510. The summed E-state index contributed by atoms with van der Waals surface area (Å²) >= 11 is 0. The average Bonchev–Trinajstić information content (AvgIpc) is 3.17. The van der Waals surface area contributed by atoms with Crippen LogP contribution in [0.1, 0.15) is 29.3 Å². The lowest BCUT2D eigenvalue weighted by molar-refractivity contribution is 0.101. The highest BCUT2D eigenvalue weighted by Gasteiger charge is 2.25. The van der Waals surface area contributed by atoms with Gasteiger partial charge in [-0.15, -0.1) is 0 Å². The van der Waals surface area contributed by atoms with Crippen LogP contribution >= 0.6 is 0 Å².